The molecule has 8 nitrogen and oxygen atoms in total. The van der Waals surface area contributed by atoms with E-state index < -0.39 is 37.4 Å². The van der Waals surface area contributed by atoms with Crippen LogP contribution in [-0.2, 0) is 10.0 Å². The van der Waals surface area contributed by atoms with Crippen LogP contribution < -0.4 is 16.0 Å². The van der Waals surface area contributed by atoms with Gasteiger partial charge in [0.15, 0.2) is 5.82 Å². The summed E-state index contributed by atoms with van der Waals surface area (Å²) in [6, 6.07) is 0.955. The number of halogens is 1. The maximum atomic E-state index is 14.0. The molecule has 1 atom stereocenters. The molecule has 1 aromatic carbocycles. The Morgan fingerprint density at radius 2 is 2.14 bits per heavy atom. The summed E-state index contributed by atoms with van der Waals surface area (Å²) in [5.74, 6) is 4.38. The molecule has 0 radical (unpaired) electrons. The summed E-state index contributed by atoms with van der Waals surface area (Å²) in [5.41, 5.74) is 0.990. The lowest BCUT2D eigenvalue weighted by Gasteiger charge is -2.15. The van der Waals surface area contributed by atoms with Crippen molar-refractivity contribution in [3.63, 3.8) is 0 Å². The topological polar surface area (TPSA) is 127 Å². The summed E-state index contributed by atoms with van der Waals surface area (Å²) in [5, 5.41) is 10.6. The molecule has 0 aliphatic carbocycles. The maximum Gasteiger partial charge on any atom is 0.274 e. The zero-order chi connectivity index (χ0) is 16.2. The highest BCUT2D eigenvalue weighted by Gasteiger charge is 2.27. The Kier molecular flexibility index (Phi) is 5.89. The number of anilines is 1. The number of benzene rings is 1. The van der Waals surface area contributed by atoms with Crippen molar-refractivity contribution in [3.8, 4) is 0 Å². The van der Waals surface area contributed by atoms with Crippen LogP contribution in [0, 0.1) is 15.9 Å². The van der Waals surface area contributed by atoms with E-state index in [0.717, 1.165) is 6.07 Å². The summed E-state index contributed by atoms with van der Waals surface area (Å²) in [7, 11) is -4.20. The minimum absolute atomic E-state index is 0.384. The Hall–Kier alpha value is -1.43. The molecule has 0 aliphatic heterocycles. The van der Waals surface area contributed by atoms with Crippen LogP contribution >= 0.6 is 11.8 Å². The van der Waals surface area contributed by atoms with Crippen molar-refractivity contribution < 1.29 is 17.7 Å². The number of sulfonamides is 1. The average Bonchev–Trinajstić information content (AvgIpc) is 2.36. The molecule has 1 aromatic rings. The third-order valence-electron chi connectivity index (χ3n) is 2.44. The number of nitro benzene ring substituents is 1. The van der Waals surface area contributed by atoms with Gasteiger partial charge in [-0.05, 0) is 13.2 Å². The number of hydrazine groups is 1. The molecule has 0 fully saturated rings. The average molecular weight is 338 g/mol. The van der Waals surface area contributed by atoms with Gasteiger partial charge < -0.3 is 5.43 Å². The number of thioether (sulfide) groups is 1. The van der Waals surface area contributed by atoms with E-state index in [0.29, 0.717) is 11.8 Å². The SMILES string of the molecule is CSCC(C)NS(=O)(=O)c1c(F)cc([N+](=O)[O-])cc1NN. The van der Waals surface area contributed by atoms with E-state index in [4.69, 9.17) is 5.84 Å². The van der Waals surface area contributed by atoms with Crippen LogP contribution in [0.2, 0.25) is 0 Å². The lowest BCUT2D eigenvalue weighted by atomic mass is 10.3. The largest absolute Gasteiger partial charge is 0.323 e. The molecule has 0 aromatic heterocycles. The third-order valence-corrected chi connectivity index (χ3v) is 4.93. The Bertz CT molecular complexity index is 638. The Morgan fingerprint density at radius 1 is 1.52 bits per heavy atom. The fraction of sp³-hybridized carbons (Fsp3) is 0.400. The van der Waals surface area contributed by atoms with Crippen LogP contribution in [0.25, 0.3) is 0 Å². The molecule has 0 spiro atoms. The monoisotopic (exact) mass is 338 g/mol. The molecule has 0 amide bonds. The van der Waals surface area contributed by atoms with E-state index in [1.54, 1.807) is 13.2 Å². The smallest absolute Gasteiger partial charge is 0.274 e. The Morgan fingerprint density at radius 3 is 2.62 bits per heavy atom. The van der Waals surface area contributed by atoms with Gasteiger partial charge in [-0.25, -0.2) is 17.5 Å². The van der Waals surface area contributed by atoms with E-state index in [1.807, 2.05) is 5.43 Å². The van der Waals surface area contributed by atoms with Gasteiger partial charge in [0, 0.05) is 17.9 Å². The first-order chi connectivity index (χ1) is 9.72. The number of nitrogen functional groups attached to an aromatic ring is 1. The first-order valence-electron chi connectivity index (χ1n) is 5.68. The van der Waals surface area contributed by atoms with E-state index in [-0.39, 0.29) is 5.69 Å². The van der Waals surface area contributed by atoms with Crippen LogP contribution in [0.5, 0.6) is 0 Å². The number of non-ortho nitro benzene ring substituents is 1. The first-order valence-corrected chi connectivity index (χ1v) is 8.56. The predicted molar refractivity (Wildman–Crippen MR) is 79.0 cm³/mol. The standard InChI is InChI=1S/C10H15FN4O4S2/c1-6(5-20-2)14-21(18,19)10-8(11)3-7(15(16)17)4-9(10)13-12/h3-4,6,13-14H,5,12H2,1-2H3. The summed E-state index contributed by atoms with van der Waals surface area (Å²) in [6.45, 7) is 1.62. The van der Waals surface area contributed by atoms with E-state index in [2.05, 4.69) is 4.72 Å². The molecule has 0 aliphatic rings. The summed E-state index contributed by atoms with van der Waals surface area (Å²) < 4.78 is 40.6. The summed E-state index contributed by atoms with van der Waals surface area (Å²) in [6.07, 6.45) is 1.80. The highest BCUT2D eigenvalue weighted by molar-refractivity contribution is 7.98. The zero-order valence-corrected chi connectivity index (χ0v) is 12.9. The molecule has 0 saturated carbocycles. The molecular formula is C10H15FN4O4S2. The summed E-state index contributed by atoms with van der Waals surface area (Å²) in [4.78, 5) is 9.06. The second-order valence-electron chi connectivity index (χ2n) is 4.18. The number of nitrogens with one attached hydrogen (secondary N) is 2. The molecule has 1 unspecified atom stereocenters. The van der Waals surface area contributed by atoms with Gasteiger partial charge in [-0.15, -0.1) is 0 Å². The van der Waals surface area contributed by atoms with Crippen LogP contribution in [0.15, 0.2) is 17.0 Å². The van der Waals surface area contributed by atoms with Crippen molar-refractivity contribution in [1.82, 2.24) is 4.72 Å². The number of rotatable bonds is 7. The van der Waals surface area contributed by atoms with Crippen molar-refractivity contribution >= 4 is 33.2 Å². The normalized spacial score (nSPS) is 13.0. The zero-order valence-electron chi connectivity index (χ0n) is 11.3. The lowest BCUT2D eigenvalue weighted by molar-refractivity contribution is -0.385. The molecule has 0 saturated heterocycles. The van der Waals surface area contributed by atoms with Gasteiger partial charge in [-0.1, -0.05) is 0 Å². The van der Waals surface area contributed by atoms with Gasteiger partial charge in [-0.2, -0.15) is 11.8 Å². The van der Waals surface area contributed by atoms with Crippen LogP contribution in [0.1, 0.15) is 6.92 Å². The van der Waals surface area contributed by atoms with Gasteiger partial charge >= 0.3 is 0 Å². The molecule has 118 valence electrons. The van der Waals surface area contributed by atoms with Crippen molar-refractivity contribution in [3.05, 3.63) is 28.1 Å². The van der Waals surface area contributed by atoms with Crippen molar-refractivity contribution in [2.45, 2.75) is 17.9 Å². The van der Waals surface area contributed by atoms with Gasteiger partial charge in [0.1, 0.15) is 4.90 Å². The molecule has 4 N–H and O–H groups in total. The van der Waals surface area contributed by atoms with Gasteiger partial charge in [0.25, 0.3) is 5.69 Å². The van der Waals surface area contributed by atoms with E-state index in [9.17, 15) is 22.9 Å². The number of nitrogens with two attached hydrogens (primary N) is 1. The molecule has 0 bridgehead atoms. The Labute approximate surface area is 125 Å². The highest BCUT2D eigenvalue weighted by Crippen LogP contribution is 2.29. The van der Waals surface area contributed by atoms with Crippen molar-refractivity contribution in [2.75, 3.05) is 17.4 Å². The van der Waals surface area contributed by atoms with Gasteiger partial charge in [0.2, 0.25) is 10.0 Å². The van der Waals surface area contributed by atoms with Gasteiger partial charge in [0.05, 0.1) is 16.7 Å². The highest BCUT2D eigenvalue weighted by atomic mass is 32.2. The van der Waals surface area contributed by atoms with Crippen LogP contribution in [0.4, 0.5) is 15.8 Å². The minimum atomic E-state index is -4.20. The van der Waals surface area contributed by atoms with Crippen LogP contribution in [0.3, 0.4) is 0 Å². The number of hydrogen-bond donors (Lipinski definition) is 3. The lowest BCUT2D eigenvalue weighted by Crippen LogP contribution is -2.35. The third kappa shape index (κ3) is 4.27. The second kappa shape index (κ2) is 7.02. The van der Waals surface area contributed by atoms with Crippen molar-refractivity contribution in [2.24, 2.45) is 5.84 Å². The molecular weight excluding hydrogens is 323 g/mol. The molecule has 1 rings (SSSR count). The molecule has 0 heterocycles. The number of nitro groups is 1. The van der Waals surface area contributed by atoms with E-state index >= 15 is 0 Å². The van der Waals surface area contributed by atoms with Crippen molar-refractivity contribution in [1.29, 1.82) is 0 Å². The quantitative estimate of drug-likeness (QED) is 0.385. The Balaban J connectivity index is 3.32. The first kappa shape index (κ1) is 17.6. The van der Waals surface area contributed by atoms with Crippen LogP contribution in [-0.4, -0.2) is 31.4 Å². The maximum absolute atomic E-state index is 14.0. The molecule has 11 heteroatoms. The fourth-order valence-corrected chi connectivity index (χ4v) is 3.82. The predicted octanol–water partition coefficient (Wildman–Crippen LogP) is 1.05. The van der Waals surface area contributed by atoms with E-state index in [1.165, 1.54) is 11.8 Å². The second-order valence-corrected chi connectivity index (χ2v) is 6.74. The summed E-state index contributed by atoms with van der Waals surface area (Å²) >= 11 is 1.42. The van der Waals surface area contributed by atoms with Gasteiger partial charge in [-0.3, -0.25) is 16.0 Å². The number of nitrogens with zero attached hydrogens (tertiary/aromatic N) is 1. The molecule has 21 heavy (non-hydrogen) atoms. The number of hydrogen-bond acceptors (Lipinski definition) is 7. The minimum Gasteiger partial charge on any atom is -0.323 e. The fourth-order valence-electron chi connectivity index (χ4n) is 1.67.